The fraction of sp³-hybridized carbons (Fsp3) is 0.235. The van der Waals surface area contributed by atoms with Gasteiger partial charge in [-0.05, 0) is 29.8 Å². The van der Waals surface area contributed by atoms with Crippen LogP contribution in [0.3, 0.4) is 0 Å². The first-order valence-corrected chi connectivity index (χ1v) is 8.22. The fourth-order valence-electron chi connectivity index (χ4n) is 2.52. The Morgan fingerprint density at radius 1 is 1.21 bits per heavy atom. The van der Waals surface area contributed by atoms with Crippen molar-refractivity contribution in [2.24, 2.45) is 11.1 Å². The molecule has 0 aliphatic carbocycles. The maximum absolute atomic E-state index is 13.0. The lowest BCUT2D eigenvalue weighted by atomic mass is 9.96. The van der Waals surface area contributed by atoms with Gasteiger partial charge in [0, 0.05) is 28.1 Å². The highest BCUT2D eigenvalue weighted by Gasteiger charge is 2.27. The van der Waals surface area contributed by atoms with Crippen molar-refractivity contribution in [2.45, 2.75) is 12.6 Å². The average Bonchev–Trinajstić information content (AvgIpc) is 3.02. The molecule has 1 saturated heterocycles. The molecule has 1 fully saturated rings. The molecule has 1 heterocycles. The molecule has 2 aromatic carbocycles. The van der Waals surface area contributed by atoms with Crippen molar-refractivity contribution in [1.29, 1.82) is 0 Å². The van der Waals surface area contributed by atoms with Crippen molar-refractivity contribution in [3.63, 3.8) is 0 Å². The molecule has 4 nitrogen and oxygen atoms in total. The second-order valence-corrected chi connectivity index (χ2v) is 6.33. The number of rotatable bonds is 5. The molecule has 0 radical (unpaired) electrons. The largest absolute Gasteiger partial charge is 0.391 e. The predicted molar refractivity (Wildman–Crippen MR) is 93.5 cm³/mol. The van der Waals surface area contributed by atoms with Gasteiger partial charge in [-0.3, -0.25) is 5.43 Å². The molecular formula is C17H16Cl2FN3O. The standard InChI is InChI=1S/C17H16Cl2FN3O/c18-14-4-1-12(16(19)7-14)10-24-22-9-13-8-21-23-17(13)11-2-5-15(20)6-3-11/h1-7,9,13,17,21,23H,8,10H2/b22-9-. The van der Waals surface area contributed by atoms with E-state index in [1.165, 1.54) is 12.1 Å². The number of benzene rings is 2. The van der Waals surface area contributed by atoms with Crippen molar-refractivity contribution >= 4 is 29.4 Å². The molecule has 0 spiro atoms. The highest BCUT2D eigenvalue weighted by Crippen LogP contribution is 2.24. The third-order valence-electron chi connectivity index (χ3n) is 3.81. The van der Waals surface area contributed by atoms with Gasteiger partial charge < -0.3 is 4.84 Å². The van der Waals surface area contributed by atoms with Crippen LogP contribution in [0.2, 0.25) is 10.0 Å². The summed E-state index contributed by atoms with van der Waals surface area (Å²) in [7, 11) is 0. The molecule has 0 bridgehead atoms. The molecule has 24 heavy (non-hydrogen) atoms. The second kappa shape index (κ2) is 7.94. The summed E-state index contributed by atoms with van der Waals surface area (Å²) in [4.78, 5) is 5.33. The van der Waals surface area contributed by atoms with Crippen LogP contribution in [0.1, 0.15) is 17.2 Å². The van der Waals surface area contributed by atoms with Gasteiger partial charge >= 0.3 is 0 Å². The van der Waals surface area contributed by atoms with Crippen LogP contribution in [0, 0.1) is 11.7 Å². The zero-order chi connectivity index (χ0) is 16.9. The van der Waals surface area contributed by atoms with Gasteiger partial charge in [0.2, 0.25) is 0 Å². The Labute approximate surface area is 149 Å². The molecule has 0 saturated carbocycles. The number of halogens is 3. The summed E-state index contributed by atoms with van der Waals surface area (Å²) in [6.45, 7) is 0.970. The number of oxime groups is 1. The molecule has 0 amide bonds. The highest BCUT2D eigenvalue weighted by molar-refractivity contribution is 6.35. The van der Waals surface area contributed by atoms with Crippen molar-refractivity contribution in [2.75, 3.05) is 6.54 Å². The van der Waals surface area contributed by atoms with E-state index in [1.807, 2.05) is 0 Å². The van der Waals surface area contributed by atoms with E-state index in [1.54, 1.807) is 36.5 Å². The first-order valence-electron chi connectivity index (χ1n) is 7.47. The zero-order valence-electron chi connectivity index (χ0n) is 12.7. The molecular weight excluding hydrogens is 352 g/mol. The summed E-state index contributed by atoms with van der Waals surface area (Å²) in [5.41, 5.74) is 8.05. The second-order valence-electron chi connectivity index (χ2n) is 5.48. The number of nitrogens with zero attached hydrogens (tertiary/aromatic N) is 1. The van der Waals surface area contributed by atoms with Crippen LogP contribution in [0.4, 0.5) is 4.39 Å². The van der Waals surface area contributed by atoms with E-state index >= 15 is 0 Å². The van der Waals surface area contributed by atoms with E-state index in [9.17, 15) is 4.39 Å². The van der Waals surface area contributed by atoms with Crippen LogP contribution < -0.4 is 10.9 Å². The minimum Gasteiger partial charge on any atom is -0.391 e. The summed E-state index contributed by atoms with van der Waals surface area (Å²) < 4.78 is 13.0. The lowest BCUT2D eigenvalue weighted by Crippen LogP contribution is -2.25. The van der Waals surface area contributed by atoms with Gasteiger partial charge in [-0.1, -0.05) is 46.6 Å². The molecule has 2 aromatic rings. The van der Waals surface area contributed by atoms with Gasteiger partial charge in [0.05, 0.1) is 12.3 Å². The first kappa shape index (κ1) is 17.2. The van der Waals surface area contributed by atoms with E-state index in [0.29, 0.717) is 16.6 Å². The third kappa shape index (κ3) is 4.24. The summed E-state index contributed by atoms with van der Waals surface area (Å²) in [5.74, 6) is -0.158. The van der Waals surface area contributed by atoms with Gasteiger partial charge in [-0.25, -0.2) is 9.82 Å². The Bertz CT molecular complexity index is 724. The summed E-state index contributed by atoms with van der Waals surface area (Å²) in [6.07, 6.45) is 1.74. The molecule has 1 aliphatic heterocycles. The van der Waals surface area contributed by atoms with E-state index < -0.39 is 0 Å². The molecule has 0 aromatic heterocycles. The molecule has 2 atom stereocenters. The van der Waals surface area contributed by atoms with Gasteiger partial charge in [0.1, 0.15) is 12.4 Å². The minimum absolute atomic E-state index is 0.0112. The SMILES string of the molecule is Fc1ccc(C2NNCC2/C=N\OCc2ccc(Cl)cc2Cl)cc1. The molecule has 3 rings (SSSR count). The fourth-order valence-corrected chi connectivity index (χ4v) is 2.98. The molecule has 7 heteroatoms. The van der Waals surface area contributed by atoms with E-state index in [0.717, 1.165) is 11.1 Å². The Hall–Kier alpha value is -1.66. The lowest BCUT2D eigenvalue weighted by Gasteiger charge is -2.14. The van der Waals surface area contributed by atoms with Gasteiger partial charge in [-0.2, -0.15) is 0 Å². The summed E-state index contributed by atoms with van der Waals surface area (Å²) in [6, 6.07) is 11.7. The predicted octanol–water partition coefficient (Wildman–Crippen LogP) is 4.10. The molecule has 126 valence electrons. The van der Waals surface area contributed by atoms with Crippen molar-refractivity contribution in [1.82, 2.24) is 10.9 Å². The average molecular weight is 368 g/mol. The number of hydrogen-bond donors (Lipinski definition) is 2. The lowest BCUT2D eigenvalue weighted by molar-refractivity contribution is 0.130. The monoisotopic (exact) mass is 367 g/mol. The first-order chi connectivity index (χ1) is 11.6. The molecule has 1 aliphatic rings. The van der Waals surface area contributed by atoms with Crippen molar-refractivity contribution < 1.29 is 9.23 Å². The Kier molecular flexibility index (Phi) is 5.68. The van der Waals surface area contributed by atoms with Crippen LogP contribution in [-0.4, -0.2) is 12.8 Å². The quantitative estimate of drug-likeness (QED) is 0.617. The number of hydrogen-bond acceptors (Lipinski definition) is 4. The van der Waals surface area contributed by atoms with Crippen LogP contribution in [-0.2, 0) is 11.4 Å². The van der Waals surface area contributed by atoms with Gasteiger partial charge in [0.25, 0.3) is 0 Å². The minimum atomic E-state index is -0.252. The van der Waals surface area contributed by atoms with E-state index in [4.69, 9.17) is 28.0 Å². The normalized spacial score (nSPS) is 20.6. The van der Waals surface area contributed by atoms with Crippen molar-refractivity contribution in [3.05, 3.63) is 69.5 Å². The topological polar surface area (TPSA) is 45.7 Å². The third-order valence-corrected chi connectivity index (χ3v) is 4.40. The Morgan fingerprint density at radius 3 is 2.75 bits per heavy atom. The molecule has 2 N–H and O–H groups in total. The highest BCUT2D eigenvalue weighted by atomic mass is 35.5. The van der Waals surface area contributed by atoms with E-state index in [2.05, 4.69) is 16.0 Å². The Morgan fingerprint density at radius 2 is 2.00 bits per heavy atom. The van der Waals surface area contributed by atoms with E-state index in [-0.39, 0.29) is 24.4 Å². The number of nitrogens with one attached hydrogen (secondary N) is 2. The molecule has 2 unspecified atom stereocenters. The Balaban J connectivity index is 1.58. The smallest absolute Gasteiger partial charge is 0.143 e. The summed E-state index contributed by atoms with van der Waals surface area (Å²) in [5, 5.41) is 5.16. The van der Waals surface area contributed by atoms with Crippen LogP contribution in [0.5, 0.6) is 0 Å². The maximum Gasteiger partial charge on any atom is 0.143 e. The maximum atomic E-state index is 13.0. The summed E-state index contributed by atoms with van der Waals surface area (Å²) >= 11 is 11.9. The zero-order valence-corrected chi connectivity index (χ0v) is 14.2. The van der Waals surface area contributed by atoms with Crippen molar-refractivity contribution in [3.8, 4) is 0 Å². The van der Waals surface area contributed by atoms with Gasteiger partial charge in [-0.15, -0.1) is 0 Å². The number of hydrazine groups is 1. The van der Waals surface area contributed by atoms with Crippen LogP contribution in [0.15, 0.2) is 47.6 Å². The van der Waals surface area contributed by atoms with Gasteiger partial charge in [0.15, 0.2) is 0 Å². The van der Waals surface area contributed by atoms with Crippen LogP contribution >= 0.6 is 23.2 Å². The van der Waals surface area contributed by atoms with Crippen LogP contribution in [0.25, 0.3) is 0 Å².